The van der Waals surface area contributed by atoms with Gasteiger partial charge in [0.15, 0.2) is 0 Å². The first-order chi connectivity index (χ1) is 21.7. The minimum absolute atomic E-state index is 0.0169. The number of benzene rings is 4. The predicted octanol–water partition coefficient (Wildman–Crippen LogP) is 6.10. The molecular formula is C35H38ClN3O5S. The van der Waals surface area contributed by atoms with Crippen LogP contribution in [0.25, 0.3) is 0 Å². The lowest BCUT2D eigenvalue weighted by Crippen LogP contribution is -2.53. The molecule has 2 amide bonds. The molecule has 1 atom stereocenters. The average Bonchev–Trinajstić information content (AvgIpc) is 3.06. The van der Waals surface area contributed by atoms with Gasteiger partial charge in [-0.25, -0.2) is 8.42 Å². The van der Waals surface area contributed by atoms with Crippen LogP contribution in [0.5, 0.6) is 5.75 Å². The van der Waals surface area contributed by atoms with Crippen molar-refractivity contribution in [2.45, 2.75) is 43.7 Å². The Labute approximate surface area is 270 Å². The smallest absolute Gasteiger partial charge is 0.264 e. The van der Waals surface area contributed by atoms with Crippen molar-refractivity contribution >= 4 is 39.1 Å². The average molecular weight is 648 g/mol. The Morgan fingerprint density at radius 2 is 1.51 bits per heavy atom. The van der Waals surface area contributed by atoms with Crippen molar-refractivity contribution in [1.82, 2.24) is 10.2 Å². The molecule has 0 aliphatic heterocycles. The molecule has 0 bridgehead atoms. The molecule has 0 aromatic heterocycles. The molecule has 1 N–H and O–H groups in total. The van der Waals surface area contributed by atoms with Gasteiger partial charge in [0.05, 0.1) is 17.7 Å². The van der Waals surface area contributed by atoms with E-state index >= 15 is 0 Å². The lowest BCUT2D eigenvalue weighted by molar-refractivity contribution is -0.140. The summed E-state index contributed by atoms with van der Waals surface area (Å²) in [6.45, 7) is 1.94. The van der Waals surface area contributed by atoms with Gasteiger partial charge in [0.25, 0.3) is 10.0 Å². The molecule has 10 heteroatoms. The van der Waals surface area contributed by atoms with Crippen LogP contribution in [0.15, 0.2) is 114 Å². The number of nitrogens with one attached hydrogen (secondary N) is 1. The molecular weight excluding hydrogens is 610 g/mol. The lowest BCUT2D eigenvalue weighted by atomic mass is 10.0. The number of para-hydroxylation sites is 2. The van der Waals surface area contributed by atoms with Crippen LogP contribution in [0.2, 0.25) is 5.02 Å². The van der Waals surface area contributed by atoms with Gasteiger partial charge < -0.3 is 15.0 Å². The third-order valence-corrected chi connectivity index (χ3v) is 9.32. The number of rotatable bonds is 15. The molecule has 4 rings (SSSR count). The van der Waals surface area contributed by atoms with Gasteiger partial charge in [0, 0.05) is 24.5 Å². The van der Waals surface area contributed by atoms with Crippen LogP contribution in [0, 0.1) is 0 Å². The zero-order valence-corrected chi connectivity index (χ0v) is 27.0. The van der Waals surface area contributed by atoms with E-state index in [2.05, 4.69) is 5.32 Å². The van der Waals surface area contributed by atoms with Gasteiger partial charge in [-0.1, -0.05) is 97.7 Å². The molecule has 0 unspecified atom stereocenters. The van der Waals surface area contributed by atoms with E-state index < -0.39 is 28.5 Å². The maximum atomic E-state index is 14.5. The van der Waals surface area contributed by atoms with Gasteiger partial charge in [-0.3, -0.25) is 13.9 Å². The van der Waals surface area contributed by atoms with Gasteiger partial charge >= 0.3 is 0 Å². The normalized spacial score (nSPS) is 11.8. The summed E-state index contributed by atoms with van der Waals surface area (Å²) in [7, 11) is -2.79. The Balaban J connectivity index is 1.81. The second-order valence-electron chi connectivity index (χ2n) is 10.5. The van der Waals surface area contributed by atoms with Crippen molar-refractivity contribution in [3.8, 4) is 5.75 Å². The van der Waals surface area contributed by atoms with E-state index in [0.717, 1.165) is 22.7 Å². The molecule has 0 saturated heterocycles. The highest BCUT2D eigenvalue weighted by atomic mass is 35.5. The second-order valence-corrected chi connectivity index (χ2v) is 12.8. The minimum Gasteiger partial charge on any atom is -0.495 e. The SMILES string of the molecule is CCCCNC(=O)[C@H](Cc1ccccc1)N(Cc1cccc(Cl)c1)C(=O)CN(c1ccccc1OC)S(=O)(=O)c1ccccc1. The summed E-state index contributed by atoms with van der Waals surface area (Å²) in [6.07, 6.45) is 1.90. The molecule has 0 aliphatic carbocycles. The molecule has 45 heavy (non-hydrogen) atoms. The quantitative estimate of drug-likeness (QED) is 0.157. The fourth-order valence-corrected chi connectivity index (χ4v) is 6.62. The number of sulfonamides is 1. The molecule has 0 aliphatic rings. The zero-order valence-electron chi connectivity index (χ0n) is 25.4. The fourth-order valence-electron chi connectivity index (χ4n) is 4.96. The number of carbonyl (C=O) groups is 2. The topological polar surface area (TPSA) is 96.0 Å². The van der Waals surface area contributed by atoms with E-state index in [4.69, 9.17) is 16.3 Å². The Morgan fingerprint density at radius 3 is 2.18 bits per heavy atom. The van der Waals surface area contributed by atoms with E-state index in [9.17, 15) is 18.0 Å². The van der Waals surface area contributed by atoms with Crippen molar-refractivity contribution in [3.63, 3.8) is 0 Å². The summed E-state index contributed by atoms with van der Waals surface area (Å²) < 4.78 is 34.8. The highest BCUT2D eigenvalue weighted by Gasteiger charge is 2.35. The van der Waals surface area contributed by atoms with Gasteiger partial charge in [-0.15, -0.1) is 0 Å². The van der Waals surface area contributed by atoms with Gasteiger partial charge in [0.2, 0.25) is 11.8 Å². The molecule has 0 saturated carbocycles. The van der Waals surface area contributed by atoms with Crippen molar-refractivity contribution in [2.75, 3.05) is 24.5 Å². The van der Waals surface area contributed by atoms with Gasteiger partial charge in [-0.05, 0) is 53.9 Å². The van der Waals surface area contributed by atoms with E-state index in [1.165, 1.54) is 24.1 Å². The number of unbranched alkanes of at least 4 members (excludes halogenated alkanes) is 1. The van der Waals surface area contributed by atoms with Crippen molar-refractivity contribution in [3.05, 3.63) is 125 Å². The summed E-state index contributed by atoms with van der Waals surface area (Å²) in [5.74, 6) is -0.603. The summed E-state index contributed by atoms with van der Waals surface area (Å²) >= 11 is 6.31. The van der Waals surface area contributed by atoms with Crippen LogP contribution < -0.4 is 14.4 Å². The second kappa shape index (κ2) is 16.1. The van der Waals surface area contributed by atoms with E-state index in [1.807, 2.05) is 43.3 Å². The number of carbonyl (C=O) groups excluding carboxylic acids is 2. The van der Waals surface area contributed by atoms with Crippen LogP contribution in [-0.2, 0) is 32.6 Å². The molecule has 0 fully saturated rings. The number of amides is 2. The Kier molecular flexibility index (Phi) is 12.0. The van der Waals surface area contributed by atoms with Crippen LogP contribution >= 0.6 is 11.6 Å². The highest BCUT2D eigenvalue weighted by Crippen LogP contribution is 2.32. The van der Waals surface area contributed by atoms with Crippen molar-refractivity contribution in [1.29, 1.82) is 0 Å². The third kappa shape index (κ3) is 8.86. The van der Waals surface area contributed by atoms with Crippen molar-refractivity contribution < 1.29 is 22.7 Å². The molecule has 236 valence electrons. The Bertz CT molecular complexity index is 1670. The third-order valence-electron chi connectivity index (χ3n) is 7.31. The number of nitrogens with zero attached hydrogens (tertiary/aromatic N) is 2. The Hall–Kier alpha value is -4.34. The maximum absolute atomic E-state index is 14.5. The monoisotopic (exact) mass is 647 g/mol. The van der Waals surface area contributed by atoms with E-state index in [0.29, 0.717) is 17.1 Å². The summed E-state index contributed by atoms with van der Waals surface area (Å²) in [5, 5.41) is 3.47. The molecule has 0 radical (unpaired) electrons. The number of ether oxygens (including phenoxy) is 1. The number of hydrogen-bond acceptors (Lipinski definition) is 5. The first kappa shape index (κ1) is 33.6. The predicted molar refractivity (Wildman–Crippen MR) is 178 cm³/mol. The first-order valence-electron chi connectivity index (χ1n) is 14.8. The standard InChI is InChI=1S/C35H38ClN3O5S/c1-3-4-22-37-35(41)32(24-27-14-7-5-8-15-27)38(25-28-16-13-17-29(36)23-28)34(40)26-39(31-20-11-12-21-33(31)44-2)45(42,43)30-18-9-6-10-19-30/h5-21,23,32H,3-4,22,24-26H2,1-2H3,(H,37,41)/t32-/m0/s1. The van der Waals surface area contributed by atoms with Crippen molar-refractivity contribution in [2.24, 2.45) is 0 Å². The van der Waals surface area contributed by atoms with Crippen LogP contribution in [0.4, 0.5) is 5.69 Å². The number of hydrogen-bond donors (Lipinski definition) is 1. The van der Waals surface area contributed by atoms with Crippen LogP contribution in [-0.4, -0.2) is 51.4 Å². The minimum atomic E-state index is -4.23. The molecule has 0 spiro atoms. The van der Waals surface area contributed by atoms with E-state index in [-0.39, 0.29) is 35.2 Å². The molecule has 4 aromatic carbocycles. The number of halogens is 1. The van der Waals surface area contributed by atoms with E-state index in [1.54, 1.807) is 60.7 Å². The lowest BCUT2D eigenvalue weighted by Gasteiger charge is -2.34. The Morgan fingerprint density at radius 1 is 0.867 bits per heavy atom. The van der Waals surface area contributed by atoms with Crippen LogP contribution in [0.3, 0.4) is 0 Å². The first-order valence-corrected chi connectivity index (χ1v) is 16.6. The zero-order chi connectivity index (χ0) is 32.2. The maximum Gasteiger partial charge on any atom is 0.264 e. The highest BCUT2D eigenvalue weighted by molar-refractivity contribution is 7.92. The number of methoxy groups -OCH3 is 1. The summed E-state index contributed by atoms with van der Waals surface area (Å²) in [4.78, 5) is 29.8. The molecule has 4 aromatic rings. The molecule has 8 nitrogen and oxygen atoms in total. The van der Waals surface area contributed by atoms with Crippen LogP contribution in [0.1, 0.15) is 30.9 Å². The number of anilines is 1. The van der Waals surface area contributed by atoms with Gasteiger partial charge in [0.1, 0.15) is 18.3 Å². The largest absolute Gasteiger partial charge is 0.495 e. The fraction of sp³-hybridized carbons (Fsp3) is 0.257. The van der Waals surface area contributed by atoms with Gasteiger partial charge in [-0.2, -0.15) is 0 Å². The molecule has 0 heterocycles. The summed E-state index contributed by atoms with van der Waals surface area (Å²) in [6, 6.07) is 30.1. The summed E-state index contributed by atoms with van der Waals surface area (Å²) in [5.41, 5.74) is 1.76.